The minimum Gasteiger partial charge on any atom is -0.467 e. The summed E-state index contributed by atoms with van der Waals surface area (Å²) in [5.41, 5.74) is 0.995. The molecule has 1 atom stereocenters. The summed E-state index contributed by atoms with van der Waals surface area (Å²) in [6, 6.07) is -0.218. The zero-order chi connectivity index (χ0) is 7.56. The maximum absolute atomic E-state index is 10.7. The number of ether oxygens (including phenoxy) is 1. The van der Waals surface area contributed by atoms with Gasteiger partial charge in [-0.25, -0.2) is 4.79 Å². The number of hydrogen-bond donors (Lipinski definition) is 0. The number of aliphatic imine (C=N–C) groups is 1. The van der Waals surface area contributed by atoms with Gasteiger partial charge in [-0.1, -0.05) is 13.3 Å². The van der Waals surface area contributed by atoms with E-state index < -0.39 is 0 Å². The fourth-order valence-corrected chi connectivity index (χ4v) is 0.886. The Morgan fingerprint density at radius 1 is 1.80 bits per heavy atom. The van der Waals surface area contributed by atoms with Crippen molar-refractivity contribution in [2.75, 3.05) is 7.11 Å². The highest BCUT2D eigenvalue weighted by Gasteiger charge is 2.34. The average molecular weight is 141 g/mol. The molecule has 3 nitrogen and oxygen atoms in total. The van der Waals surface area contributed by atoms with E-state index in [0.29, 0.717) is 0 Å². The molecule has 0 N–H and O–H groups in total. The van der Waals surface area contributed by atoms with E-state index in [-0.39, 0.29) is 12.0 Å². The normalized spacial score (nSPS) is 21.8. The van der Waals surface area contributed by atoms with Crippen LogP contribution in [0, 0.1) is 0 Å². The first-order chi connectivity index (χ1) is 4.79. The third-order valence-electron chi connectivity index (χ3n) is 1.47. The molecule has 1 heterocycles. The van der Waals surface area contributed by atoms with Gasteiger partial charge in [0.25, 0.3) is 0 Å². The van der Waals surface area contributed by atoms with Crippen molar-refractivity contribution in [2.45, 2.75) is 25.8 Å². The quantitative estimate of drug-likeness (QED) is 0.545. The Balaban J connectivity index is 2.22. The van der Waals surface area contributed by atoms with Crippen molar-refractivity contribution in [3.63, 3.8) is 0 Å². The second kappa shape index (κ2) is 2.82. The maximum atomic E-state index is 10.7. The van der Waals surface area contributed by atoms with Crippen molar-refractivity contribution >= 4 is 11.7 Å². The number of methoxy groups -OCH3 is 1. The zero-order valence-corrected chi connectivity index (χ0v) is 6.26. The standard InChI is InChI=1S/C7H11NO2/c1-3-4-5-6(8-5)7(9)10-2/h6H,3-4H2,1-2H3/t6-/m1/s1. The van der Waals surface area contributed by atoms with E-state index in [0.717, 1.165) is 18.6 Å². The topological polar surface area (TPSA) is 38.7 Å². The molecule has 0 amide bonds. The molecule has 1 aliphatic heterocycles. The highest BCUT2D eigenvalue weighted by molar-refractivity contribution is 6.16. The molecule has 0 aromatic carbocycles. The lowest BCUT2D eigenvalue weighted by Gasteiger charge is -1.92. The van der Waals surface area contributed by atoms with Crippen LogP contribution in [0.5, 0.6) is 0 Å². The van der Waals surface area contributed by atoms with Crippen LogP contribution in [0.3, 0.4) is 0 Å². The van der Waals surface area contributed by atoms with Gasteiger partial charge in [-0.3, -0.25) is 4.99 Å². The summed E-state index contributed by atoms with van der Waals surface area (Å²) in [4.78, 5) is 14.7. The number of carbonyl (C=O) groups is 1. The Morgan fingerprint density at radius 2 is 2.50 bits per heavy atom. The van der Waals surface area contributed by atoms with Gasteiger partial charge in [0.1, 0.15) is 0 Å². The lowest BCUT2D eigenvalue weighted by Crippen LogP contribution is -2.13. The predicted octanol–water partition coefficient (Wildman–Crippen LogP) is 0.783. The van der Waals surface area contributed by atoms with E-state index in [1.165, 1.54) is 7.11 Å². The van der Waals surface area contributed by atoms with Gasteiger partial charge in [-0.2, -0.15) is 0 Å². The maximum Gasteiger partial charge on any atom is 0.336 e. The second-order valence-corrected chi connectivity index (χ2v) is 2.30. The van der Waals surface area contributed by atoms with Crippen LogP contribution in [0.15, 0.2) is 4.99 Å². The fourth-order valence-electron chi connectivity index (χ4n) is 0.886. The Morgan fingerprint density at radius 3 is 3.00 bits per heavy atom. The molecule has 0 spiro atoms. The molecule has 3 heteroatoms. The zero-order valence-electron chi connectivity index (χ0n) is 6.26. The van der Waals surface area contributed by atoms with Gasteiger partial charge in [-0.05, 0) is 6.42 Å². The van der Waals surface area contributed by atoms with Gasteiger partial charge in [0, 0.05) is 5.71 Å². The van der Waals surface area contributed by atoms with Crippen LogP contribution < -0.4 is 0 Å². The molecule has 1 aliphatic rings. The van der Waals surface area contributed by atoms with Crippen molar-refractivity contribution in [3.05, 3.63) is 0 Å². The second-order valence-electron chi connectivity index (χ2n) is 2.30. The molecular formula is C7H11NO2. The number of carbonyl (C=O) groups excluding carboxylic acids is 1. The minimum atomic E-state index is -0.219. The van der Waals surface area contributed by atoms with Crippen LogP contribution in [-0.4, -0.2) is 24.8 Å². The van der Waals surface area contributed by atoms with Crippen molar-refractivity contribution in [1.29, 1.82) is 0 Å². The fraction of sp³-hybridized carbons (Fsp3) is 0.714. The van der Waals surface area contributed by atoms with Crippen molar-refractivity contribution < 1.29 is 9.53 Å². The Labute approximate surface area is 60.1 Å². The highest BCUT2D eigenvalue weighted by Crippen LogP contribution is 2.17. The van der Waals surface area contributed by atoms with E-state index in [1.807, 2.05) is 0 Å². The third-order valence-corrected chi connectivity index (χ3v) is 1.47. The van der Waals surface area contributed by atoms with Gasteiger partial charge in [0.05, 0.1) is 7.11 Å². The summed E-state index contributed by atoms with van der Waals surface area (Å²) in [7, 11) is 1.39. The molecule has 0 aliphatic carbocycles. The van der Waals surface area contributed by atoms with Crippen molar-refractivity contribution in [1.82, 2.24) is 0 Å². The molecule has 10 heavy (non-hydrogen) atoms. The Kier molecular flexibility index (Phi) is 2.04. The molecule has 0 fully saturated rings. The van der Waals surface area contributed by atoms with E-state index in [9.17, 15) is 4.79 Å². The SMILES string of the molecule is CCCC1=N[C@H]1C(=O)OC. The molecule has 0 saturated heterocycles. The van der Waals surface area contributed by atoms with E-state index in [4.69, 9.17) is 0 Å². The van der Waals surface area contributed by atoms with Crippen LogP contribution in [0.25, 0.3) is 0 Å². The first kappa shape index (κ1) is 7.25. The van der Waals surface area contributed by atoms with Crippen LogP contribution in [-0.2, 0) is 9.53 Å². The van der Waals surface area contributed by atoms with Gasteiger partial charge < -0.3 is 4.74 Å². The molecule has 56 valence electrons. The third kappa shape index (κ3) is 1.35. The van der Waals surface area contributed by atoms with Crippen LogP contribution in [0.1, 0.15) is 19.8 Å². The van der Waals surface area contributed by atoms with Crippen molar-refractivity contribution in [2.24, 2.45) is 4.99 Å². The average Bonchev–Trinajstić information content (AvgIpc) is 2.67. The summed E-state index contributed by atoms with van der Waals surface area (Å²) < 4.78 is 4.50. The minimum absolute atomic E-state index is 0.218. The molecule has 0 saturated carbocycles. The molecular weight excluding hydrogens is 130 g/mol. The molecule has 1 rings (SSSR count). The number of rotatable bonds is 3. The number of nitrogens with zero attached hydrogens (tertiary/aromatic N) is 1. The summed E-state index contributed by atoms with van der Waals surface area (Å²) >= 11 is 0. The van der Waals surface area contributed by atoms with Crippen LogP contribution >= 0.6 is 0 Å². The van der Waals surface area contributed by atoms with Crippen LogP contribution in [0.4, 0.5) is 0 Å². The molecule has 0 aromatic heterocycles. The predicted molar refractivity (Wildman–Crippen MR) is 38.1 cm³/mol. The monoisotopic (exact) mass is 141 g/mol. The van der Waals surface area contributed by atoms with E-state index in [2.05, 4.69) is 16.7 Å². The Bertz CT molecular complexity index is 174. The molecule has 0 unspecified atom stereocenters. The largest absolute Gasteiger partial charge is 0.467 e. The smallest absolute Gasteiger partial charge is 0.336 e. The van der Waals surface area contributed by atoms with Gasteiger partial charge in [-0.15, -0.1) is 0 Å². The summed E-state index contributed by atoms with van der Waals surface area (Å²) in [5, 5.41) is 0. The summed E-state index contributed by atoms with van der Waals surface area (Å²) in [5.74, 6) is -0.219. The lowest BCUT2D eigenvalue weighted by atomic mass is 10.2. The first-order valence-electron chi connectivity index (χ1n) is 3.44. The van der Waals surface area contributed by atoms with Crippen molar-refractivity contribution in [3.8, 4) is 0 Å². The van der Waals surface area contributed by atoms with Crippen LogP contribution in [0.2, 0.25) is 0 Å². The summed E-state index contributed by atoms with van der Waals surface area (Å²) in [6.45, 7) is 2.06. The van der Waals surface area contributed by atoms with Gasteiger partial charge in [0.2, 0.25) is 0 Å². The highest BCUT2D eigenvalue weighted by atomic mass is 16.5. The molecule has 0 aromatic rings. The lowest BCUT2D eigenvalue weighted by molar-refractivity contribution is -0.139. The summed E-state index contributed by atoms with van der Waals surface area (Å²) in [6.07, 6.45) is 1.98. The molecule has 0 radical (unpaired) electrons. The van der Waals surface area contributed by atoms with E-state index >= 15 is 0 Å². The first-order valence-corrected chi connectivity index (χ1v) is 3.44. The Hall–Kier alpha value is -0.860. The van der Waals surface area contributed by atoms with Gasteiger partial charge in [0.15, 0.2) is 6.04 Å². The number of hydrogen-bond acceptors (Lipinski definition) is 3. The van der Waals surface area contributed by atoms with Gasteiger partial charge >= 0.3 is 5.97 Å². The molecule has 0 bridgehead atoms. The number of esters is 1. The van der Waals surface area contributed by atoms with E-state index in [1.54, 1.807) is 0 Å².